The summed E-state index contributed by atoms with van der Waals surface area (Å²) in [6.07, 6.45) is 9.54. The Morgan fingerprint density at radius 1 is 0.784 bits per heavy atom. The van der Waals surface area contributed by atoms with Crippen LogP contribution in [0.25, 0.3) is 0 Å². The number of halogens is 3. The van der Waals surface area contributed by atoms with Gasteiger partial charge in [0.1, 0.15) is 0 Å². The first-order valence-corrected chi connectivity index (χ1v) is 13.5. The molecule has 0 aliphatic rings. The molecule has 0 fully saturated rings. The van der Waals surface area contributed by atoms with Crippen molar-refractivity contribution < 1.29 is 23.1 Å². The summed E-state index contributed by atoms with van der Waals surface area (Å²) in [5.41, 5.74) is 1.76. The molecule has 2 rings (SSSR count). The van der Waals surface area contributed by atoms with Crippen LogP contribution in [0.3, 0.4) is 0 Å². The highest BCUT2D eigenvalue weighted by Crippen LogP contribution is 2.29. The number of carboxylic acids is 1. The van der Waals surface area contributed by atoms with E-state index in [1.54, 1.807) is 4.90 Å². The predicted molar refractivity (Wildman–Crippen MR) is 143 cm³/mol. The van der Waals surface area contributed by atoms with Crippen LogP contribution in [0.4, 0.5) is 13.2 Å². The van der Waals surface area contributed by atoms with Gasteiger partial charge in [0.2, 0.25) is 0 Å². The maximum absolute atomic E-state index is 12.8. The van der Waals surface area contributed by atoms with Crippen molar-refractivity contribution >= 4 is 5.97 Å². The highest BCUT2D eigenvalue weighted by Gasteiger charge is 2.30. The first-order valence-electron chi connectivity index (χ1n) is 13.5. The smallest absolute Gasteiger partial charge is 0.416 e. The Balaban J connectivity index is 1.75. The van der Waals surface area contributed by atoms with Crippen LogP contribution in [0.1, 0.15) is 99.8 Å². The summed E-state index contributed by atoms with van der Waals surface area (Å²) in [5.74, 6) is 5.45. The largest absolute Gasteiger partial charge is 0.480 e. The highest BCUT2D eigenvalue weighted by atomic mass is 19.4. The molecular formula is C31H40F3NO2. The zero-order chi connectivity index (χ0) is 26.9. The minimum absolute atomic E-state index is 0.207. The van der Waals surface area contributed by atoms with Gasteiger partial charge < -0.3 is 5.11 Å². The van der Waals surface area contributed by atoms with Gasteiger partial charge in [-0.15, -0.1) is 0 Å². The van der Waals surface area contributed by atoms with Crippen molar-refractivity contribution in [2.24, 2.45) is 0 Å². The van der Waals surface area contributed by atoms with Gasteiger partial charge >= 0.3 is 12.1 Å². The van der Waals surface area contributed by atoms with Crippen LogP contribution in [-0.4, -0.2) is 22.5 Å². The molecule has 0 aliphatic carbocycles. The summed E-state index contributed by atoms with van der Waals surface area (Å²) in [6.45, 7) is 2.65. The lowest BCUT2D eigenvalue weighted by molar-refractivity contribution is -0.139. The number of carbonyl (C=O) groups is 1. The lowest BCUT2D eigenvalue weighted by Crippen LogP contribution is -2.29. The van der Waals surface area contributed by atoms with Crippen molar-refractivity contribution in [2.45, 2.75) is 96.8 Å². The molecule has 0 amide bonds. The van der Waals surface area contributed by atoms with Gasteiger partial charge in [0.05, 0.1) is 12.1 Å². The predicted octanol–water partition coefficient (Wildman–Crippen LogP) is 8.45. The van der Waals surface area contributed by atoms with Gasteiger partial charge in [-0.1, -0.05) is 101 Å². The van der Waals surface area contributed by atoms with E-state index in [4.69, 9.17) is 0 Å². The fraction of sp³-hybridized carbons (Fsp3) is 0.516. The van der Waals surface area contributed by atoms with Crippen LogP contribution >= 0.6 is 0 Å². The molecule has 1 N–H and O–H groups in total. The Morgan fingerprint density at radius 2 is 1.27 bits per heavy atom. The summed E-state index contributed by atoms with van der Waals surface area (Å²) in [6, 6.07) is 12.5. The average molecular weight is 516 g/mol. The van der Waals surface area contributed by atoms with Crippen molar-refractivity contribution in [3.8, 4) is 11.8 Å². The molecule has 0 bridgehead atoms. The number of carboxylic acid groups (broad SMARTS) is 1. The van der Waals surface area contributed by atoms with Gasteiger partial charge in [0.15, 0.2) is 0 Å². The molecule has 0 aromatic heterocycles. The first-order chi connectivity index (χ1) is 17.8. The topological polar surface area (TPSA) is 40.5 Å². The minimum atomic E-state index is -4.39. The molecule has 3 nitrogen and oxygen atoms in total. The van der Waals surface area contributed by atoms with Crippen molar-refractivity contribution in [3.05, 3.63) is 70.8 Å². The van der Waals surface area contributed by atoms with E-state index in [1.165, 1.54) is 69.9 Å². The molecule has 2 aromatic carbocycles. The highest BCUT2D eigenvalue weighted by molar-refractivity contribution is 5.69. The van der Waals surface area contributed by atoms with Crippen LogP contribution in [0.15, 0.2) is 48.5 Å². The van der Waals surface area contributed by atoms with Gasteiger partial charge in [-0.2, -0.15) is 13.2 Å². The summed E-state index contributed by atoms with van der Waals surface area (Å²) >= 11 is 0. The Labute approximate surface area is 220 Å². The Kier molecular flexibility index (Phi) is 13.9. The SMILES string of the molecule is CCCCCCCCCCCCC#Cc1ccc(CN(CC(=O)O)Cc2ccc(C(F)(F)F)cc2)cc1. The van der Waals surface area contributed by atoms with Crippen molar-refractivity contribution in [1.29, 1.82) is 0 Å². The molecule has 202 valence electrons. The standard InChI is InChI=1S/C31H40F3NO2/c1-2-3-4-5-6-7-8-9-10-11-12-13-14-26-15-17-27(18-16-26)23-35(25-30(36)37)24-28-19-21-29(22-20-28)31(32,33)34/h15-22H,2-12,23-25H2,1H3,(H,36,37). The molecule has 0 aliphatic heterocycles. The maximum atomic E-state index is 12.8. The van der Waals surface area contributed by atoms with Gasteiger partial charge in [-0.25, -0.2) is 0 Å². The summed E-state index contributed by atoms with van der Waals surface area (Å²) in [7, 11) is 0. The number of benzene rings is 2. The molecule has 37 heavy (non-hydrogen) atoms. The number of alkyl halides is 3. The first kappa shape index (κ1) is 30.4. The summed E-state index contributed by atoms with van der Waals surface area (Å²) in [5, 5.41) is 9.27. The molecule has 0 radical (unpaired) electrons. The van der Waals surface area contributed by atoms with Crippen LogP contribution in [0, 0.1) is 11.8 Å². The third kappa shape index (κ3) is 13.4. The number of nitrogens with zero attached hydrogens (tertiary/aromatic N) is 1. The second-order valence-corrected chi connectivity index (χ2v) is 9.66. The number of hydrogen-bond acceptors (Lipinski definition) is 2. The van der Waals surface area contributed by atoms with Crippen LogP contribution in [0.2, 0.25) is 0 Å². The maximum Gasteiger partial charge on any atom is 0.416 e. The van der Waals surface area contributed by atoms with E-state index in [0.29, 0.717) is 12.1 Å². The number of hydrogen-bond donors (Lipinski definition) is 1. The minimum Gasteiger partial charge on any atom is -0.480 e. The lowest BCUT2D eigenvalue weighted by Gasteiger charge is -2.21. The molecule has 0 atom stereocenters. The van der Waals surface area contributed by atoms with E-state index in [0.717, 1.165) is 36.1 Å². The van der Waals surface area contributed by atoms with E-state index in [-0.39, 0.29) is 13.1 Å². The fourth-order valence-electron chi connectivity index (χ4n) is 4.23. The zero-order valence-electron chi connectivity index (χ0n) is 22.0. The molecule has 0 spiro atoms. The zero-order valence-corrected chi connectivity index (χ0v) is 22.0. The van der Waals surface area contributed by atoms with Gasteiger partial charge in [0, 0.05) is 25.1 Å². The second-order valence-electron chi connectivity index (χ2n) is 9.66. The van der Waals surface area contributed by atoms with Crippen molar-refractivity contribution in [1.82, 2.24) is 4.90 Å². The Bertz CT molecular complexity index is 973. The second kappa shape index (κ2) is 16.9. The Morgan fingerprint density at radius 3 is 1.76 bits per heavy atom. The normalized spacial score (nSPS) is 11.4. The van der Waals surface area contributed by atoms with Crippen LogP contribution in [-0.2, 0) is 24.1 Å². The molecule has 0 unspecified atom stereocenters. The van der Waals surface area contributed by atoms with Crippen LogP contribution in [0.5, 0.6) is 0 Å². The number of unbranched alkanes of at least 4 members (excludes halogenated alkanes) is 10. The molecule has 0 saturated carbocycles. The van der Waals surface area contributed by atoms with Crippen molar-refractivity contribution in [3.63, 3.8) is 0 Å². The third-order valence-electron chi connectivity index (χ3n) is 6.29. The van der Waals surface area contributed by atoms with E-state index in [1.807, 2.05) is 24.3 Å². The van der Waals surface area contributed by atoms with E-state index >= 15 is 0 Å². The van der Waals surface area contributed by atoms with Gasteiger partial charge in [-0.3, -0.25) is 9.69 Å². The number of aliphatic carboxylic acids is 1. The molecule has 6 heteroatoms. The average Bonchev–Trinajstić information content (AvgIpc) is 2.85. The quantitative estimate of drug-likeness (QED) is 0.180. The van der Waals surface area contributed by atoms with E-state index in [2.05, 4.69) is 18.8 Å². The van der Waals surface area contributed by atoms with Gasteiger partial charge in [0.25, 0.3) is 0 Å². The Hall–Kier alpha value is -2.78. The van der Waals surface area contributed by atoms with E-state index < -0.39 is 17.7 Å². The lowest BCUT2D eigenvalue weighted by atomic mass is 10.1. The molecule has 2 aromatic rings. The molecule has 0 heterocycles. The molecular weight excluding hydrogens is 475 g/mol. The molecule has 0 saturated heterocycles. The fourth-order valence-corrected chi connectivity index (χ4v) is 4.23. The summed E-state index contributed by atoms with van der Waals surface area (Å²) < 4.78 is 38.4. The summed E-state index contributed by atoms with van der Waals surface area (Å²) in [4.78, 5) is 13.0. The number of rotatable bonds is 16. The van der Waals surface area contributed by atoms with Crippen molar-refractivity contribution in [2.75, 3.05) is 6.54 Å². The third-order valence-corrected chi connectivity index (χ3v) is 6.29. The monoisotopic (exact) mass is 515 g/mol. The van der Waals surface area contributed by atoms with E-state index in [9.17, 15) is 23.1 Å². The van der Waals surface area contributed by atoms with Gasteiger partial charge in [-0.05, 0) is 41.8 Å². The van der Waals surface area contributed by atoms with Crippen LogP contribution < -0.4 is 0 Å².